The van der Waals surface area contributed by atoms with Crippen LogP contribution in [0.3, 0.4) is 0 Å². The third kappa shape index (κ3) is 7.08. The molecule has 0 aliphatic carbocycles. The van der Waals surface area contributed by atoms with Crippen LogP contribution in [-0.4, -0.2) is 33.7 Å². The average molecular weight is 511 g/mol. The van der Waals surface area contributed by atoms with Crippen molar-refractivity contribution in [3.8, 4) is 11.1 Å². The van der Waals surface area contributed by atoms with Crippen molar-refractivity contribution < 1.29 is 22.7 Å². The number of primary amides is 1. The van der Waals surface area contributed by atoms with E-state index < -0.39 is 17.0 Å². The summed E-state index contributed by atoms with van der Waals surface area (Å²) in [6.07, 6.45) is 2.89. The molecule has 3 aromatic carbocycles. The molecule has 1 unspecified atom stereocenters. The van der Waals surface area contributed by atoms with Gasteiger partial charge in [-0.1, -0.05) is 18.2 Å². The second kappa shape index (κ2) is 12.2. The third-order valence-electron chi connectivity index (χ3n) is 5.41. The van der Waals surface area contributed by atoms with Crippen LogP contribution in [0.2, 0.25) is 0 Å². The van der Waals surface area contributed by atoms with Gasteiger partial charge in [-0.25, -0.2) is 8.60 Å². The summed E-state index contributed by atoms with van der Waals surface area (Å²) in [7, 11) is 0. The van der Waals surface area contributed by atoms with Gasteiger partial charge in [0.2, 0.25) is 5.91 Å². The standard InChI is InChI=1S/C18H18FN3O.C8H9NO3S/c19-14-3-1-11(2-4-14)13-9-15(12-5-7-22-8-6-12)17(20)16(10-13)18(21)23;1-6(10)9-7-2-4-8(5-3-7)13(11)12/h1-5,9-10,22H,6-8,20H2,(H2,21,23);2-5H,1H3,(H,9,10)(H,11,12). The number of nitrogen functional groups attached to an aromatic ring is 1. The number of hydrogen-bond acceptors (Lipinski definition) is 5. The molecular weight excluding hydrogens is 483 g/mol. The van der Waals surface area contributed by atoms with Gasteiger partial charge in [0.1, 0.15) is 5.82 Å². The average Bonchev–Trinajstić information content (AvgIpc) is 2.85. The fourth-order valence-electron chi connectivity index (χ4n) is 3.66. The quantitative estimate of drug-likeness (QED) is 0.261. The molecule has 36 heavy (non-hydrogen) atoms. The summed E-state index contributed by atoms with van der Waals surface area (Å²) >= 11 is -1.96. The summed E-state index contributed by atoms with van der Waals surface area (Å²) < 4.78 is 32.4. The van der Waals surface area contributed by atoms with Crippen molar-refractivity contribution >= 4 is 39.8 Å². The minimum Gasteiger partial charge on any atom is -0.398 e. The molecule has 0 aromatic heterocycles. The molecule has 0 saturated carbocycles. The summed E-state index contributed by atoms with van der Waals surface area (Å²) in [4.78, 5) is 22.7. The molecule has 2 amide bonds. The summed E-state index contributed by atoms with van der Waals surface area (Å²) in [6, 6.07) is 15.8. The summed E-state index contributed by atoms with van der Waals surface area (Å²) in [5, 5.41) is 5.79. The van der Waals surface area contributed by atoms with Crippen molar-refractivity contribution in [1.82, 2.24) is 5.32 Å². The fraction of sp³-hybridized carbons (Fsp3) is 0.154. The van der Waals surface area contributed by atoms with E-state index >= 15 is 0 Å². The summed E-state index contributed by atoms with van der Waals surface area (Å²) in [5.41, 5.74) is 16.5. The van der Waals surface area contributed by atoms with E-state index in [0.717, 1.165) is 41.8 Å². The van der Waals surface area contributed by atoms with E-state index in [4.69, 9.17) is 16.0 Å². The Labute approximate surface area is 210 Å². The molecule has 0 radical (unpaired) electrons. The van der Waals surface area contributed by atoms with E-state index in [2.05, 4.69) is 16.7 Å². The van der Waals surface area contributed by atoms with Crippen LogP contribution in [0.1, 0.15) is 29.3 Å². The van der Waals surface area contributed by atoms with E-state index in [1.807, 2.05) is 6.07 Å². The largest absolute Gasteiger partial charge is 0.398 e. The zero-order valence-electron chi connectivity index (χ0n) is 19.6. The van der Waals surface area contributed by atoms with Gasteiger partial charge in [-0.15, -0.1) is 0 Å². The minimum atomic E-state index is -1.96. The van der Waals surface area contributed by atoms with Crippen LogP contribution in [0.4, 0.5) is 15.8 Å². The zero-order valence-corrected chi connectivity index (χ0v) is 20.4. The molecule has 1 aliphatic heterocycles. The Morgan fingerprint density at radius 1 is 1.06 bits per heavy atom. The zero-order chi connectivity index (χ0) is 26.2. The van der Waals surface area contributed by atoms with Gasteiger partial charge in [0.05, 0.1) is 16.1 Å². The molecule has 1 atom stereocenters. The number of nitrogens with two attached hydrogens (primary N) is 2. The van der Waals surface area contributed by atoms with Crippen LogP contribution in [0.5, 0.6) is 0 Å². The molecular formula is C26H27FN4O4S. The maximum atomic E-state index is 13.1. The van der Waals surface area contributed by atoms with E-state index in [0.29, 0.717) is 21.8 Å². The fourth-order valence-corrected chi connectivity index (χ4v) is 4.03. The van der Waals surface area contributed by atoms with Gasteiger partial charge >= 0.3 is 0 Å². The minimum absolute atomic E-state index is 0.169. The molecule has 188 valence electrons. The van der Waals surface area contributed by atoms with E-state index in [9.17, 15) is 18.2 Å². The maximum Gasteiger partial charge on any atom is 0.250 e. The number of halogens is 1. The number of amides is 2. The number of anilines is 2. The molecule has 7 N–H and O–H groups in total. The predicted molar refractivity (Wildman–Crippen MR) is 140 cm³/mol. The molecule has 0 saturated heterocycles. The van der Waals surface area contributed by atoms with Gasteiger partial charge in [0.25, 0.3) is 5.91 Å². The lowest BCUT2D eigenvalue weighted by Gasteiger charge is -2.19. The highest BCUT2D eigenvalue weighted by Crippen LogP contribution is 2.33. The van der Waals surface area contributed by atoms with Crippen molar-refractivity contribution in [2.45, 2.75) is 18.2 Å². The van der Waals surface area contributed by atoms with Crippen molar-refractivity contribution in [3.63, 3.8) is 0 Å². The molecule has 1 heterocycles. The number of benzene rings is 3. The van der Waals surface area contributed by atoms with Crippen LogP contribution < -0.4 is 22.1 Å². The lowest BCUT2D eigenvalue weighted by Crippen LogP contribution is -2.21. The van der Waals surface area contributed by atoms with Crippen LogP contribution in [0.25, 0.3) is 16.7 Å². The van der Waals surface area contributed by atoms with E-state index in [1.54, 1.807) is 30.3 Å². The molecule has 0 bridgehead atoms. The smallest absolute Gasteiger partial charge is 0.250 e. The monoisotopic (exact) mass is 510 g/mol. The van der Waals surface area contributed by atoms with E-state index in [-0.39, 0.29) is 11.7 Å². The topological polar surface area (TPSA) is 148 Å². The lowest BCUT2D eigenvalue weighted by atomic mass is 9.91. The van der Waals surface area contributed by atoms with Crippen molar-refractivity contribution in [2.24, 2.45) is 5.73 Å². The van der Waals surface area contributed by atoms with Gasteiger partial charge in [-0.05, 0) is 78.2 Å². The molecule has 10 heteroatoms. The molecule has 3 aromatic rings. The molecule has 1 aliphatic rings. The van der Waals surface area contributed by atoms with Crippen LogP contribution in [0, 0.1) is 5.82 Å². The molecule has 0 spiro atoms. The normalized spacial score (nSPS) is 13.6. The van der Waals surface area contributed by atoms with E-state index in [1.165, 1.54) is 31.2 Å². The Morgan fingerprint density at radius 3 is 2.25 bits per heavy atom. The van der Waals surface area contributed by atoms with Gasteiger partial charge in [-0.2, -0.15) is 0 Å². The number of nitrogens with one attached hydrogen (secondary N) is 2. The highest BCUT2D eigenvalue weighted by atomic mass is 32.2. The predicted octanol–water partition coefficient (Wildman–Crippen LogP) is 3.78. The molecule has 0 fully saturated rings. The van der Waals surface area contributed by atoms with Crippen LogP contribution in [-0.2, 0) is 15.9 Å². The Kier molecular flexibility index (Phi) is 9.07. The van der Waals surface area contributed by atoms with Crippen LogP contribution in [0.15, 0.2) is 71.6 Å². The Bertz CT molecular complexity index is 1310. The number of carbonyl (C=O) groups is 2. The number of carbonyl (C=O) groups excluding carboxylic acids is 2. The Balaban J connectivity index is 0.000000236. The first-order valence-corrected chi connectivity index (χ1v) is 12.1. The van der Waals surface area contributed by atoms with Gasteiger partial charge in [0, 0.05) is 24.7 Å². The lowest BCUT2D eigenvalue weighted by molar-refractivity contribution is -0.114. The third-order valence-corrected chi connectivity index (χ3v) is 6.08. The van der Waals surface area contributed by atoms with Crippen LogP contribution >= 0.6 is 0 Å². The second-order valence-electron chi connectivity index (χ2n) is 7.99. The van der Waals surface area contributed by atoms with Crippen molar-refractivity contribution in [3.05, 3.63) is 83.7 Å². The van der Waals surface area contributed by atoms with Gasteiger partial charge in [-0.3, -0.25) is 9.59 Å². The first-order valence-electron chi connectivity index (χ1n) is 11.0. The highest BCUT2D eigenvalue weighted by molar-refractivity contribution is 7.79. The molecule has 8 nitrogen and oxygen atoms in total. The van der Waals surface area contributed by atoms with Gasteiger partial charge < -0.3 is 26.7 Å². The first-order chi connectivity index (χ1) is 17.2. The number of rotatable bonds is 5. The highest BCUT2D eigenvalue weighted by Gasteiger charge is 2.17. The summed E-state index contributed by atoms with van der Waals surface area (Å²) in [6.45, 7) is 3.03. The van der Waals surface area contributed by atoms with Gasteiger partial charge in [0.15, 0.2) is 11.1 Å². The SMILES string of the molecule is CC(=O)Nc1ccc(S(=O)O)cc1.NC(=O)c1cc(-c2ccc(F)cc2)cc(C2=CCNCC2)c1N. The summed E-state index contributed by atoms with van der Waals surface area (Å²) in [5.74, 6) is -1.04. The molecule has 4 rings (SSSR count). The number of hydrogen-bond donors (Lipinski definition) is 5. The van der Waals surface area contributed by atoms with Crippen molar-refractivity contribution in [2.75, 3.05) is 24.1 Å². The van der Waals surface area contributed by atoms with Crippen molar-refractivity contribution in [1.29, 1.82) is 0 Å². The second-order valence-corrected chi connectivity index (χ2v) is 8.96. The maximum absolute atomic E-state index is 13.1. The Hall–Kier alpha value is -3.86. The first kappa shape index (κ1) is 26.7. The Morgan fingerprint density at radius 2 is 1.72 bits per heavy atom.